The minimum Gasteiger partial charge on any atom is -0.371 e. The third kappa shape index (κ3) is 3.05. The first-order valence-electron chi connectivity index (χ1n) is 7.23. The Kier molecular flexibility index (Phi) is 4.65. The van der Waals surface area contributed by atoms with Gasteiger partial charge in [0.2, 0.25) is 0 Å². The van der Waals surface area contributed by atoms with Crippen LogP contribution in [0, 0.1) is 5.92 Å². The maximum atomic E-state index is 5.71. The molecule has 100 valence electrons. The highest BCUT2D eigenvalue weighted by molar-refractivity contribution is 5.54. The Morgan fingerprint density at radius 3 is 2.50 bits per heavy atom. The molecule has 0 amide bonds. The van der Waals surface area contributed by atoms with Gasteiger partial charge < -0.3 is 10.6 Å². The fraction of sp³-hybridized carbons (Fsp3) is 0.625. The van der Waals surface area contributed by atoms with Gasteiger partial charge in [0.05, 0.1) is 0 Å². The van der Waals surface area contributed by atoms with Crippen molar-refractivity contribution >= 4 is 5.69 Å². The van der Waals surface area contributed by atoms with Crippen molar-refractivity contribution in [1.29, 1.82) is 0 Å². The summed E-state index contributed by atoms with van der Waals surface area (Å²) in [6.07, 6.45) is 6.37. The van der Waals surface area contributed by atoms with Crippen LogP contribution in [-0.2, 0) is 6.42 Å². The van der Waals surface area contributed by atoms with Crippen molar-refractivity contribution < 1.29 is 0 Å². The van der Waals surface area contributed by atoms with Gasteiger partial charge in [0.1, 0.15) is 0 Å². The van der Waals surface area contributed by atoms with Crippen LogP contribution in [0.2, 0.25) is 0 Å². The van der Waals surface area contributed by atoms with Crippen molar-refractivity contribution in [3.05, 3.63) is 29.8 Å². The summed E-state index contributed by atoms with van der Waals surface area (Å²) in [5.41, 5.74) is 8.47. The van der Waals surface area contributed by atoms with Crippen LogP contribution in [0.5, 0.6) is 0 Å². The summed E-state index contributed by atoms with van der Waals surface area (Å²) in [6.45, 7) is 3.10. The van der Waals surface area contributed by atoms with Crippen LogP contribution in [-0.4, -0.2) is 19.6 Å². The lowest BCUT2D eigenvalue weighted by molar-refractivity contribution is 0.340. The van der Waals surface area contributed by atoms with Gasteiger partial charge in [0, 0.05) is 18.8 Å². The topological polar surface area (TPSA) is 29.3 Å². The highest BCUT2D eigenvalue weighted by atomic mass is 15.1. The van der Waals surface area contributed by atoms with Gasteiger partial charge in [0.15, 0.2) is 0 Å². The summed E-state index contributed by atoms with van der Waals surface area (Å²) < 4.78 is 0. The maximum Gasteiger partial charge on any atom is 0.0399 e. The lowest BCUT2D eigenvalue weighted by Crippen LogP contribution is -2.35. The summed E-state index contributed by atoms with van der Waals surface area (Å²) in [5, 5.41) is 0. The van der Waals surface area contributed by atoms with Crippen LogP contribution in [0.4, 0.5) is 5.69 Å². The molecular formula is C16H26N2. The summed E-state index contributed by atoms with van der Waals surface area (Å²) in [5.74, 6) is 0.911. The molecule has 2 heteroatoms. The Morgan fingerprint density at radius 2 is 1.83 bits per heavy atom. The second-order valence-corrected chi connectivity index (χ2v) is 5.69. The lowest BCUT2D eigenvalue weighted by Gasteiger charge is -2.36. The monoisotopic (exact) mass is 246 g/mol. The second kappa shape index (κ2) is 6.24. The van der Waals surface area contributed by atoms with Gasteiger partial charge in [-0.1, -0.05) is 25.1 Å². The van der Waals surface area contributed by atoms with E-state index in [4.69, 9.17) is 5.73 Å². The van der Waals surface area contributed by atoms with Crippen LogP contribution in [0.3, 0.4) is 0 Å². The molecule has 0 unspecified atom stereocenters. The predicted octanol–water partition coefficient (Wildman–Crippen LogP) is 3.20. The zero-order chi connectivity index (χ0) is 13.0. The number of nitrogens with two attached hydrogens (primary N) is 1. The number of hydrogen-bond acceptors (Lipinski definition) is 2. The largest absolute Gasteiger partial charge is 0.371 e. The third-order valence-electron chi connectivity index (χ3n) is 4.32. The van der Waals surface area contributed by atoms with E-state index in [-0.39, 0.29) is 0 Å². The minimum atomic E-state index is 0.708. The average molecular weight is 246 g/mol. The van der Waals surface area contributed by atoms with E-state index in [9.17, 15) is 0 Å². The Labute approximate surface area is 111 Å². The molecule has 1 fully saturated rings. The van der Waals surface area contributed by atoms with Gasteiger partial charge in [-0.3, -0.25) is 0 Å². The van der Waals surface area contributed by atoms with Crippen molar-refractivity contribution in [3.63, 3.8) is 0 Å². The number of anilines is 1. The Balaban J connectivity index is 2.10. The normalized spacial score (nSPS) is 23.9. The maximum absolute atomic E-state index is 5.71. The van der Waals surface area contributed by atoms with E-state index in [2.05, 4.69) is 43.1 Å². The van der Waals surface area contributed by atoms with Crippen LogP contribution in [0.15, 0.2) is 24.3 Å². The van der Waals surface area contributed by atoms with Crippen molar-refractivity contribution in [1.82, 2.24) is 0 Å². The first kappa shape index (κ1) is 13.4. The van der Waals surface area contributed by atoms with E-state index >= 15 is 0 Å². The molecule has 2 rings (SSSR count). The zero-order valence-electron chi connectivity index (χ0n) is 11.7. The summed E-state index contributed by atoms with van der Waals surface area (Å²) in [4.78, 5) is 2.48. The number of para-hydroxylation sites is 1. The molecule has 18 heavy (non-hydrogen) atoms. The number of rotatable bonds is 4. The van der Waals surface area contributed by atoms with Gasteiger partial charge >= 0.3 is 0 Å². The first-order chi connectivity index (χ1) is 8.72. The fourth-order valence-corrected chi connectivity index (χ4v) is 3.05. The van der Waals surface area contributed by atoms with Crippen molar-refractivity contribution in [2.75, 3.05) is 18.5 Å². The van der Waals surface area contributed by atoms with E-state index in [1.54, 1.807) is 0 Å². The lowest BCUT2D eigenvalue weighted by atomic mass is 9.86. The van der Waals surface area contributed by atoms with Gasteiger partial charge in [-0.15, -0.1) is 0 Å². The smallest absolute Gasteiger partial charge is 0.0399 e. The van der Waals surface area contributed by atoms with E-state index in [0.717, 1.165) is 18.9 Å². The molecule has 0 radical (unpaired) electrons. The average Bonchev–Trinajstić information content (AvgIpc) is 2.40. The highest BCUT2D eigenvalue weighted by Crippen LogP contribution is 2.30. The number of benzene rings is 1. The Bertz CT molecular complexity index is 367. The molecule has 0 saturated heterocycles. The summed E-state index contributed by atoms with van der Waals surface area (Å²) in [6, 6.07) is 9.41. The van der Waals surface area contributed by atoms with Gasteiger partial charge in [0.25, 0.3) is 0 Å². The van der Waals surface area contributed by atoms with Gasteiger partial charge in [-0.05, 0) is 56.2 Å². The van der Waals surface area contributed by atoms with E-state index in [1.165, 1.54) is 36.9 Å². The molecule has 1 saturated carbocycles. The molecule has 0 spiro atoms. The van der Waals surface area contributed by atoms with E-state index < -0.39 is 0 Å². The molecule has 2 nitrogen and oxygen atoms in total. The Morgan fingerprint density at radius 1 is 1.17 bits per heavy atom. The number of hydrogen-bond donors (Lipinski definition) is 1. The molecule has 1 aromatic carbocycles. The standard InChI is InChI=1S/C16H26N2/c1-13-7-9-15(10-8-13)18(2)16-6-4-3-5-14(16)11-12-17/h3-6,13,15H,7-12,17H2,1-2H3. The fourth-order valence-electron chi connectivity index (χ4n) is 3.05. The minimum absolute atomic E-state index is 0.708. The molecule has 2 N–H and O–H groups in total. The molecule has 1 aliphatic rings. The van der Waals surface area contributed by atoms with Gasteiger partial charge in [-0.25, -0.2) is 0 Å². The van der Waals surface area contributed by atoms with Crippen LogP contribution in [0.25, 0.3) is 0 Å². The molecule has 0 bridgehead atoms. The quantitative estimate of drug-likeness (QED) is 0.884. The SMILES string of the molecule is CC1CCC(N(C)c2ccccc2CCN)CC1. The molecule has 0 heterocycles. The summed E-state index contributed by atoms with van der Waals surface area (Å²) in [7, 11) is 2.25. The van der Waals surface area contributed by atoms with Crippen LogP contribution >= 0.6 is 0 Å². The Hall–Kier alpha value is -1.02. The second-order valence-electron chi connectivity index (χ2n) is 5.69. The van der Waals surface area contributed by atoms with Crippen molar-refractivity contribution in [2.45, 2.75) is 45.1 Å². The van der Waals surface area contributed by atoms with E-state index in [0.29, 0.717) is 6.04 Å². The molecule has 1 aromatic rings. The zero-order valence-corrected chi connectivity index (χ0v) is 11.7. The van der Waals surface area contributed by atoms with Crippen LogP contribution in [0.1, 0.15) is 38.2 Å². The molecule has 1 aliphatic carbocycles. The molecular weight excluding hydrogens is 220 g/mol. The van der Waals surface area contributed by atoms with Crippen LogP contribution < -0.4 is 10.6 Å². The predicted molar refractivity (Wildman–Crippen MR) is 79.0 cm³/mol. The number of nitrogens with zero attached hydrogens (tertiary/aromatic N) is 1. The first-order valence-corrected chi connectivity index (χ1v) is 7.23. The molecule has 0 aromatic heterocycles. The van der Waals surface area contributed by atoms with Crippen molar-refractivity contribution in [2.24, 2.45) is 11.7 Å². The third-order valence-corrected chi connectivity index (χ3v) is 4.32. The van der Waals surface area contributed by atoms with Gasteiger partial charge in [-0.2, -0.15) is 0 Å². The van der Waals surface area contributed by atoms with Crippen molar-refractivity contribution in [3.8, 4) is 0 Å². The molecule has 0 atom stereocenters. The summed E-state index contributed by atoms with van der Waals surface area (Å²) >= 11 is 0. The molecule has 0 aliphatic heterocycles. The highest BCUT2D eigenvalue weighted by Gasteiger charge is 2.22. The van der Waals surface area contributed by atoms with E-state index in [1.807, 2.05) is 0 Å².